The average Bonchev–Trinajstić information content (AvgIpc) is 3.08. The molecule has 1 aliphatic rings. The summed E-state index contributed by atoms with van der Waals surface area (Å²) in [5.74, 6) is 0.0822. The molecule has 25 heavy (non-hydrogen) atoms. The van der Waals surface area contributed by atoms with Gasteiger partial charge in [-0.25, -0.2) is 8.42 Å². The lowest BCUT2D eigenvalue weighted by atomic mass is 10.0. The summed E-state index contributed by atoms with van der Waals surface area (Å²) in [5, 5.41) is 4.40. The van der Waals surface area contributed by atoms with Gasteiger partial charge in [0.15, 0.2) is 0 Å². The Kier molecular flexibility index (Phi) is 5.27. The minimum Gasteiger partial charge on any atom is -0.321 e. The SMILES string of the molecule is Cc1ccccc1NC(=O)c1cc(S(=O)(=O)N2CCC[C@@H](C)C2)cs1. The molecule has 1 atom stereocenters. The van der Waals surface area contributed by atoms with Gasteiger partial charge in [0.1, 0.15) is 0 Å². The molecule has 134 valence electrons. The zero-order valence-corrected chi connectivity index (χ0v) is 16.0. The third-order valence-electron chi connectivity index (χ3n) is 4.45. The zero-order valence-electron chi connectivity index (χ0n) is 14.4. The van der Waals surface area contributed by atoms with Crippen molar-refractivity contribution < 1.29 is 13.2 Å². The molecule has 1 amide bonds. The Morgan fingerprint density at radius 2 is 2.08 bits per heavy atom. The highest BCUT2D eigenvalue weighted by atomic mass is 32.2. The summed E-state index contributed by atoms with van der Waals surface area (Å²) in [6.45, 7) is 5.07. The van der Waals surface area contributed by atoms with Crippen LogP contribution >= 0.6 is 11.3 Å². The van der Waals surface area contributed by atoms with Crippen LogP contribution in [0.3, 0.4) is 0 Å². The van der Waals surface area contributed by atoms with Gasteiger partial charge in [-0.1, -0.05) is 25.1 Å². The van der Waals surface area contributed by atoms with Crippen LogP contribution in [0.4, 0.5) is 5.69 Å². The molecule has 1 aromatic carbocycles. The highest BCUT2D eigenvalue weighted by Crippen LogP contribution is 2.27. The normalized spacial score (nSPS) is 18.9. The van der Waals surface area contributed by atoms with Crippen LogP contribution in [0, 0.1) is 12.8 Å². The van der Waals surface area contributed by atoms with Gasteiger partial charge >= 0.3 is 0 Å². The molecule has 1 fully saturated rings. The molecule has 2 heterocycles. The van der Waals surface area contributed by atoms with Crippen molar-refractivity contribution in [1.82, 2.24) is 4.31 Å². The summed E-state index contributed by atoms with van der Waals surface area (Å²) in [4.78, 5) is 13.0. The Labute approximate surface area is 152 Å². The molecular formula is C18H22N2O3S2. The number of amides is 1. The molecule has 0 bridgehead atoms. The van der Waals surface area contributed by atoms with Crippen molar-refractivity contribution in [3.8, 4) is 0 Å². The topological polar surface area (TPSA) is 66.5 Å². The van der Waals surface area contributed by atoms with E-state index in [-0.39, 0.29) is 10.8 Å². The van der Waals surface area contributed by atoms with Crippen LogP contribution in [-0.4, -0.2) is 31.7 Å². The highest BCUT2D eigenvalue weighted by molar-refractivity contribution is 7.89. The maximum Gasteiger partial charge on any atom is 0.265 e. The fourth-order valence-corrected chi connectivity index (χ4v) is 5.74. The van der Waals surface area contributed by atoms with Crippen molar-refractivity contribution in [1.29, 1.82) is 0 Å². The van der Waals surface area contributed by atoms with E-state index in [0.29, 0.717) is 23.9 Å². The fraction of sp³-hybridized carbons (Fsp3) is 0.389. The molecular weight excluding hydrogens is 356 g/mol. The van der Waals surface area contributed by atoms with E-state index in [1.54, 1.807) is 5.38 Å². The van der Waals surface area contributed by atoms with Gasteiger partial charge in [-0.2, -0.15) is 4.31 Å². The smallest absolute Gasteiger partial charge is 0.265 e. The molecule has 1 aromatic heterocycles. The average molecular weight is 379 g/mol. The number of carbonyl (C=O) groups excluding carboxylic acids is 1. The second-order valence-corrected chi connectivity index (χ2v) is 9.38. The number of hydrogen-bond acceptors (Lipinski definition) is 4. The van der Waals surface area contributed by atoms with Crippen LogP contribution < -0.4 is 5.32 Å². The van der Waals surface area contributed by atoms with E-state index < -0.39 is 10.0 Å². The highest BCUT2D eigenvalue weighted by Gasteiger charge is 2.30. The van der Waals surface area contributed by atoms with Crippen molar-refractivity contribution in [3.05, 3.63) is 46.2 Å². The largest absolute Gasteiger partial charge is 0.321 e. The van der Waals surface area contributed by atoms with Crippen LogP contribution in [0.2, 0.25) is 0 Å². The van der Waals surface area contributed by atoms with E-state index in [1.165, 1.54) is 10.4 Å². The van der Waals surface area contributed by atoms with Gasteiger partial charge in [0.2, 0.25) is 10.0 Å². The number of sulfonamides is 1. The standard InChI is InChI=1S/C18H22N2O3S2/c1-13-6-5-9-20(11-13)25(22,23)15-10-17(24-12-15)18(21)19-16-8-4-3-7-14(16)2/h3-4,7-8,10,12-13H,5-6,9,11H2,1-2H3,(H,19,21)/t13-/m1/s1. The molecule has 1 aliphatic heterocycles. The Balaban J connectivity index is 1.77. The number of carbonyl (C=O) groups is 1. The molecule has 0 spiro atoms. The maximum atomic E-state index is 12.8. The monoisotopic (exact) mass is 378 g/mol. The fourth-order valence-electron chi connectivity index (χ4n) is 2.98. The quantitative estimate of drug-likeness (QED) is 0.881. The molecule has 0 aliphatic carbocycles. The number of nitrogens with one attached hydrogen (secondary N) is 1. The van der Waals surface area contributed by atoms with Crippen molar-refractivity contribution >= 4 is 33.0 Å². The van der Waals surface area contributed by atoms with E-state index >= 15 is 0 Å². The maximum absolute atomic E-state index is 12.8. The molecule has 0 unspecified atom stereocenters. The van der Waals surface area contributed by atoms with Crippen molar-refractivity contribution in [2.75, 3.05) is 18.4 Å². The zero-order chi connectivity index (χ0) is 18.0. The summed E-state index contributed by atoms with van der Waals surface area (Å²) in [6.07, 6.45) is 1.94. The summed E-state index contributed by atoms with van der Waals surface area (Å²) >= 11 is 1.16. The number of rotatable bonds is 4. The first-order valence-electron chi connectivity index (χ1n) is 8.33. The summed E-state index contributed by atoms with van der Waals surface area (Å²) in [6, 6.07) is 8.98. The van der Waals surface area contributed by atoms with Gasteiger partial charge in [-0.15, -0.1) is 11.3 Å². The Morgan fingerprint density at radius 3 is 2.80 bits per heavy atom. The first kappa shape index (κ1) is 18.1. The predicted octanol–water partition coefficient (Wildman–Crippen LogP) is 3.73. The summed E-state index contributed by atoms with van der Waals surface area (Å²) in [7, 11) is -3.52. The van der Waals surface area contributed by atoms with Gasteiger partial charge < -0.3 is 5.32 Å². The van der Waals surface area contributed by atoms with E-state index in [9.17, 15) is 13.2 Å². The number of para-hydroxylation sites is 1. The number of thiophene rings is 1. The number of nitrogens with zero attached hydrogens (tertiary/aromatic N) is 1. The molecule has 3 rings (SSSR count). The summed E-state index contributed by atoms with van der Waals surface area (Å²) in [5.41, 5.74) is 1.69. The molecule has 0 saturated carbocycles. The van der Waals surface area contributed by atoms with E-state index in [2.05, 4.69) is 12.2 Å². The number of piperidine rings is 1. The number of hydrogen-bond donors (Lipinski definition) is 1. The summed E-state index contributed by atoms with van der Waals surface area (Å²) < 4.78 is 27.1. The predicted molar refractivity (Wildman–Crippen MR) is 101 cm³/mol. The third-order valence-corrected chi connectivity index (χ3v) is 7.37. The minimum atomic E-state index is -3.52. The Morgan fingerprint density at radius 1 is 1.32 bits per heavy atom. The Hall–Kier alpha value is -1.70. The molecule has 0 radical (unpaired) electrons. The molecule has 5 nitrogen and oxygen atoms in total. The van der Waals surface area contributed by atoms with Crippen molar-refractivity contribution in [3.63, 3.8) is 0 Å². The van der Waals surface area contributed by atoms with Crippen LogP contribution in [0.1, 0.15) is 35.0 Å². The van der Waals surface area contributed by atoms with Crippen LogP contribution in [0.5, 0.6) is 0 Å². The van der Waals surface area contributed by atoms with Gasteiger partial charge in [-0.05, 0) is 43.4 Å². The van der Waals surface area contributed by atoms with Gasteiger partial charge in [-0.3, -0.25) is 4.79 Å². The lowest BCUT2D eigenvalue weighted by molar-refractivity contribution is 0.103. The first-order valence-corrected chi connectivity index (χ1v) is 10.7. The van der Waals surface area contributed by atoms with Crippen molar-refractivity contribution in [2.24, 2.45) is 5.92 Å². The van der Waals surface area contributed by atoms with Crippen LogP contribution in [0.25, 0.3) is 0 Å². The van der Waals surface area contributed by atoms with Gasteiger partial charge in [0.05, 0.1) is 9.77 Å². The first-order chi connectivity index (χ1) is 11.9. The van der Waals surface area contributed by atoms with E-state index in [0.717, 1.165) is 35.4 Å². The van der Waals surface area contributed by atoms with Gasteiger partial charge in [0, 0.05) is 24.2 Å². The second kappa shape index (κ2) is 7.27. The molecule has 2 aromatic rings. The Bertz CT molecular complexity index is 874. The van der Waals surface area contributed by atoms with Gasteiger partial charge in [0.25, 0.3) is 5.91 Å². The lowest BCUT2D eigenvalue weighted by Gasteiger charge is -2.29. The molecule has 1 saturated heterocycles. The van der Waals surface area contributed by atoms with Crippen molar-refractivity contribution in [2.45, 2.75) is 31.6 Å². The van der Waals surface area contributed by atoms with Crippen LogP contribution in [0.15, 0.2) is 40.6 Å². The van der Waals surface area contributed by atoms with E-state index in [1.807, 2.05) is 31.2 Å². The minimum absolute atomic E-state index is 0.210. The number of anilines is 1. The number of aryl methyl sites for hydroxylation is 1. The third kappa shape index (κ3) is 3.94. The number of benzene rings is 1. The lowest BCUT2D eigenvalue weighted by Crippen LogP contribution is -2.38. The van der Waals surface area contributed by atoms with Crippen LogP contribution in [-0.2, 0) is 10.0 Å². The second-order valence-electron chi connectivity index (χ2n) is 6.53. The molecule has 7 heteroatoms. The van der Waals surface area contributed by atoms with E-state index in [4.69, 9.17) is 0 Å². The molecule has 1 N–H and O–H groups in total.